The first kappa shape index (κ1) is 45.9. The number of carbonyl (C=O) groups is 5. The fourth-order valence-electron chi connectivity index (χ4n) is 6.84. The topological polar surface area (TPSA) is 250 Å². The van der Waals surface area contributed by atoms with E-state index in [-0.39, 0.29) is 32.7 Å². The van der Waals surface area contributed by atoms with Crippen LogP contribution in [-0.2, 0) is 43.2 Å². The third-order valence-corrected chi connectivity index (χ3v) is 10.5. The van der Waals surface area contributed by atoms with Gasteiger partial charge < -0.3 is 41.8 Å². The van der Waals surface area contributed by atoms with E-state index in [1.807, 2.05) is 12.1 Å². The van der Waals surface area contributed by atoms with Gasteiger partial charge in [-0.15, -0.1) is 0 Å². The summed E-state index contributed by atoms with van der Waals surface area (Å²) in [6, 6.07) is 21.6. The molecule has 3 unspecified atom stereocenters. The monoisotopic (exact) mass is 854 g/mol. The lowest BCUT2D eigenvalue weighted by molar-refractivity contribution is -0.139. The molecule has 0 radical (unpaired) electrons. The lowest BCUT2D eigenvalue weighted by Crippen LogP contribution is -2.55. The maximum Gasteiger partial charge on any atom is 0.255 e. The van der Waals surface area contributed by atoms with E-state index in [2.05, 4.69) is 51.9 Å². The molecule has 4 aromatic rings. The molecular formula is C44H54N8O8S. The summed E-state index contributed by atoms with van der Waals surface area (Å²) in [4.78, 5) is 69.3. The van der Waals surface area contributed by atoms with Gasteiger partial charge in [-0.3, -0.25) is 28.7 Å². The number of unbranched alkanes of at least 4 members (excludes halogenated alkanes) is 1. The Balaban J connectivity index is 1.47. The number of carbonyl (C=O) groups excluding carboxylic acids is 5. The van der Waals surface area contributed by atoms with Gasteiger partial charge in [0.15, 0.2) is 11.2 Å². The smallest absolute Gasteiger partial charge is 0.255 e. The number of ether oxygens (including phenoxy) is 2. The van der Waals surface area contributed by atoms with Crippen LogP contribution in [0.2, 0.25) is 0 Å². The molecule has 5 amide bonds. The lowest BCUT2D eigenvalue weighted by Gasteiger charge is -2.30. The molecule has 16 nitrogen and oxygen atoms in total. The van der Waals surface area contributed by atoms with Crippen molar-refractivity contribution in [3.63, 3.8) is 0 Å². The number of fused-ring (bicyclic) bond motifs is 5. The van der Waals surface area contributed by atoms with E-state index in [0.29, 0.717) is 39.3 Å². The van der Waals surface area contributed by atoms with E-state index in [0.717, 1.165) is 30.4 Å². The van der Waals surface area contributed by atoms with Crippen LogP contribution in [0, 0.1) is 0 Å². The molecule has 4 bridgehead atoms. The Morgan fingerprint density at radius 2 is 1.44 bits per heavy atom. The summed E-state index contributed by atoms with van der Waals surface area (Å²) in [5.41, 5.74) is 17.0. The van der Waals surface area contributed by atoms with E-state index >= 15 is 0 Å². The predicted molar refractivity (Wildman–Crippen MR) is 233 cm³/mol. The summed E-state index contributed by atoms with van der Waals surface area (Å²) in [7, 11) is 1.41. The molecule has 0 saturated carbocycles. The number of hydrogen-bond acceptors (Lipinski definition) is 10. The Bertz CT molecular complexity index is 2220. The molecule has 0 spiro atoms. The zero-order valence-electron chi connectivity index (χ0n) is 34.5. The van der Waals surface area contributed by atoms with Crippen LogP contribution in [0.4, 0.5) is 0 Å². The van der Waals surface area contributed by atoms with Gasteiger partial charge in [0.2, 0.25) is 17.7 Å². The molecule has 4 atom stereocenters. The van der Waals surface area contributed by atoms with Crippen LogP contribution in [-0.4, -0.2) is 90.6 Å². The van der Waals surface area contributed by atoms with Crippen molar-refractivity contribution in [2.45, 2.75) is 57.7 Å². The highest BCUT2D eigenvalue weighted by molar-refractivity contribution is 7.81. The van der Waals surface area contributed by atoms with Gasteiger partial charge in [-0.1, -0.05) is 61.9 Å². The minimum atomic E-state index is -2.23. The summed E-state index contributed by atoms with van der Waals surface area (Å²) in [5, 5.41) is 13.3. The van der Waals surface area contributed by atoms with Gasteiger partial charge in [-0.25, -0.2) is 9.35 Å². The van der Waals surface area contributed by atoms with Crippen molar-refractivity contribution in [2.24, 2.45) is 16.6 Å². The number of nitrogens with one attached hydrogen (secondary N) is 4. The standard InChI is InChI=1S/C44H54N8O8S/c1-4-5-6-28-7-10-30(11-8-28)31-12-14-32(15-13-31)42(55)48-26-39(53)52(3)40-33-16-18-38(60-22-20-46)35(25-33)34-23-29(9-17-37(34)59-21-19-45)24-36(43(56)51-61(47)58)50-41(54)27(2)49-44(40)57/h7-18,23,25,27,36,40H,4-6,19-22,24,26,45-47H2,1-3H3,(H,48,55)(H,49,57)(H,50,54)(H,51,56)/t27-,36?,40?,61?/m0/s1. The molecule has 1 aliphatic heterocycles. The van der Waals surface area contributed by atoms with E-state index in [9.17, 15) is 28.2 Å². The first-order chi connectivity index (χ1) is 29.3. The predicted octanol–water partition coefficient (Wildman–Crippen LogP) is 2.17. The summed E-state index contributed by atoms with van der Waals surface area (Å²) >= 11 is -2.23. The highest BCUT2D eigenvalue weighted by Gasteiger charge is 2.33. The molecule has 0 aliphatic carbocycles. The Morgan fingerprint density at radius 3 is 2.05 bits per heavy atom. The van der Waals surface area contributed by atoms with Crippen molar-refractivity contribution in [1.29, 1.82) is 0 Å². The Hall–Kier alpha value is -6.14. The van der Waals surface area contributed by atoms with Gasteiger partial charge in [0.05, 0.1) is 6.54 Å². The van der Waals surface area contributed by atoms with Crippen molar-refractivity contribution >= 4 is 40.7 Å². The fourth-order valence-corrected chi connectivity index (χ4v) is 7.18. The van der Waals surface area contributed by atoms with Crippen LogP contribution in [0.3, 0.4) is 0 Å². The van der Waals surface area contributed by atoms with Crippen LogP contribution in [0.15, 0.2) is 84.9 Å². The van der Waals surface area contributed by atoms with Crippen molar-refractivity contribution < 1.29 is 37.7 Å². The van der Waals surface area contributed by atoms with Gasteiger partial charge in [0.1, 0.15) is 42.8 Å². The highest BCUT2D eigenvalue weighted by Crippen LogP contribution is 2.40. The van der Waals surface area contributed by atoms with E-state index in [1.54, 1.807) is 48.5 Å². The maximum absolute atomic E-state index is 14.3. The van der Waals surface area contributed by atoms with Crippen LogP contribution >= 0.6 is 0 Å². The number of rotatable bonds is 16. The molecule has 0 saturated heterocycles. The second-order valence-corrected chi connectivity index (χ2v) is 15.4. The second-order valence-electron chi connectivity index (χ2n) is 14.6. The van der Waals surface area contributed by atoms with E-state index in [1.165, 1.54) is 24.4 Å². The minimum absolute atomic E-state index is 0.0685. The van der Waals surface area contributed by atoms with Crippen LogP contribution in [0.1, 0.15) is 59.8 Å². The van der Waals surface area contributed by atoms with Crippen molar-refractivity contribution in [1.82, 2.24) is 25.6 Å². The van der Waals surface area contributed by atoms with E-state index in [4.69, 9.17) is 26.1 Å². The summed E-state index contributed by atoms with van der Waals surface area (Å²) in [6.07, 6.45) is 3.20. The molecular weight excluding hydrogens is 801 g/mol. The fraction of sp³-hybridized carbons (Fsp3) is 0.341. The third-order valence-electron chi connectivity index (χ3n) is 10.1. The lowest BCUT2D eigenvalue weighted by atomic mass is 9.93. The first-order valence-corrected chi connectivity index (χ1v) is 21.3. The Labute approximate surface area is 358 Å². The number of nitrogens with zero attached hydrogens (tertiary/aromatic N) is 1. The number of benzene rings is 4. The molecule has 0 aromatic heterocycles. The number of likely N-dealkylation sites (N-methyl/N-ethyl adjacent to an activating group) is 1. The molecule has 0 fully saturated rings. The van der Waals surface area contributed by atoms with Gasteiger partial charge in [0.25, 0.3) is 11.8 Å². The summed E-state index contributed by atoms with van der Waals surface area (Å²) < 4.78 is 26.0. The van der Waals surface area contributed by atoms with Crippen molar-refractivity contribution in [3.05, 3.63) is 107 Å². The van der Waals surface area contributed by atoms with E-state index < -0.39 is 65.4 Å². The largest absolute Gasteiger partial charge is 0.492 e. The molecule has 17 heteroatoms. The summed E-state index contributed by atoms with van der Waals surface area (Å²) in [6.45, 7) is 3.80. The average Bonchev–Trinajstić information content (AvgIpc) is 3.25. The van der Waals surface area contributed by atoms with Gasteiger partial charge in [-0.05, 0) is 84.0 Å². The van der Waals surface area contributed by atoms with Crippen LogP contribution in [0.25, 0.3) is 22.3 Å². The molecule has 10 N–H and O–H groups in total. The van der Waals surface area contributed by atoms with Gasteiger partial charge in [-0.2, -0.15) is 0 Å². The zero-order chi connectivity index (χ0) is 44.1. The van der Waals surface area contributed by atoms with Crippen LogP contribution in [0.5, 0.6) is 11.5 Å². The molecule has 1 aliphatic rings. The average molecular weight is 855 g/mol. The SMILES string of the molecule is CCCCc1ccc(-c2ccc(C(=O)NCC(=O)N(C)C3C(=O)N[C@@H](C)C(=O)NC(C(=O)NS(N)=O)Cc4ccc(OCCN)c(c4)-c4cc3ccc4OCCN)cc2)cc1. The number of nitrogens with two attached hydrogens (primary N) is 3. The van der Waals surface area contributed by atoms with Crippen molar-refractivity contribution in [3.8, 4) is 33.8 Å². The van der Waals surface area contributed by atoms with Gasteiger partial charge >= 0.3 is 0 Å². The molecule has 1 heterocycles. The quantitative estimate of drug-likeness (QED) is 0.0866. The number of amides is 5. The van der Waals surface area contributed by atoms with Crippen molar-refractivity contribution in [2.75, 3.05) is 39.9 Å². The molecule has 61 heavy (non-hydrogen) atoms. The Morgan fingerprint density at radius 1 is 0.836 bits per heavy atom. The normalized spacial score (nSPS) is 16.9. The minimum Gasteiger partial charge on any atom is -0.492 e. The van der Waals surface area contributed by atoms with Crippen LogP contribution < -0.4 is 46.8 Å². The highest BCUT2D eigenvalue weighted by atomic mass is 32.2. The number of aryl methyl sites for hydroxylation is 1. The number of hydrogen-bond donors (Lipinski definition) is 7. The summed E-state index contributed by atoms with van der Waals surface area (Å²) in [5.74, 6) is -2.65. The third kappa shape index (κ3) is 12.2. The second kappa shape index (κ2) is 21.9. The molecule has 324 valence electrons. The molecule has 5 rings (SSSR count). The van der Waals surface area contributed by atoms with Gasteiger partial charge in [0, 0.05) is 43.2 Å². The first-order valence-electron chi connectivity index (χ1n) is 20.1. The maximum atomic E-state index is 14.3. The zero-order valence-corrected chi connectivity index (χ0v) is 35.3. The Kier molecular flexibility index (Phi) is 16.5. The molecule has 4 aromatic carbocycles.